The zero-order valence-electron chi connectivity index (χ0n) is 8.14. The Bertz CT molecular complexity index is 314. The van der Waals surface area contributed by atoms with Crippen LogP contribution in [0.2, 0.25) is 0 Å². The molecule has 68 valence electrons. The van der Waals surface area contributed by atoms with Gasteiger partial charge in [-0.15, -0.1) is 0 Å². The van der Waals surface area contributed by atoms with Crippen molar-refractivity contribution in [2.45, 2.75) is 39.7 Å². The Kier molecular flexibility index (Phi) is 2.42. The summed E-state index contributed by atoms with van der Waals surface area (Å²) in [6, 6.07) is 2.03. The third-order valence-electron chi connectivity index (χ3n) is 1.83. The molecule has 0 aliphatic carbocycles. The van der Waals surface area contributed by atoms with Gasteiger partial charge >= 0.3 is 0 Å². The molecule has 0 saturated carbocycles. The lowest BCUT2D eigenvalue weighted by molar-refractivity contribution is 0.349. The van der Waals surface area contributed by atoms with Crippen LogP contribution < -0.4 is 0 Å². The van der Waals surface area contributed by atoms with Crippen LogP contribution in [0, 0.1) is 4.64 Å². The van der Waals surface area contributed by atoms with Gasteiger partial charge in [0.25, 0.3) is 0 Å². The lowest BCUT2D eigenvalue weighted by Gasteiger charge is -2.20. The molecule has 0 radical (unpaired) electrons. The third kappa shape index (κ3) is 1.78. The Hall–Kier alpha value is -0.570. The van der Waals surface area contributed by atoms with Crippen molar-refractivity contribution in [3.8, 4) is 0 Å². The standard InChI is InChI=1S/C9H16N2S/c1-5-7-6-8(12)11(10-7)9(2,3)4/h6,10H,5H2,1-4H3. The molecule has 0 bridgehead atoms. The van der Waals surface area contributed by atoms with Gasteiger partial charge in [0.05, 0.1) is 5.54 Å². The van der Waals surface area contributed by atoms with E-state index in [0.29, 0.717) is 0 Å². The van der Waals surface area contributed by atoms with Gasteiger partial charge in [0.15, 0.2) is 0 Å². The van der Waals surface area contributed by atoms with Gasteiger partial charge in [-0.05, 0) is 33.3 Å². The number of aromatic amines is 1. The molecule has 1 rings (SSSR count). The molecule has 3 heteroatoms. The van der Waals surface area contributed by atoms with Crippen molar-refractivity contribution in [3.05, 3.63) is 16.4 Å². The average molecular weight is 184 g/mol. The first kappa shape index (κ1) is 9.52. The van der Waals surface area contributed by atoms with E-state index in [2.05, 4.69) is 32.8 Å². The maximum atomic E-state index is 5.22. The van der Waals surface area contributed by atoms with E-state index >= 15 is 0 Å². The normalized spacial score (nSPS) is 12.0. The zero-order chi connectivity index (χ0) is 9.35. The minimum atomic E-state index is 0.0600. The number of nitrogens with zero attached hydrogens (tertiary/aromatic N) is 1. The number of aryl methyl sites for hydroxylation is 1. The van der Waals surface area contributed by atoms with Gasteiger partial charge in [0.2, 0.25) is 0 Å². The predicted octanol–water partition coefficient (Wildman–Crippen LogP) is 2.86. The van der Waals surface area contributed by atoms with Crippen molar-refractivity contribution in [1.82, 2.24) is 9.78 Å². The summed E-state index contributed by atoms with van der Waals surface area (Å²) in [4.78, 5) is 0. The predicted molar refractivity (Wildman–Crippen MR) is 54.0 cm³/mol. The highest BCUT2D eigenvalue weighted by atomic mass is 32.1. The Morgan fingerprint density at radius 3 is 2.33 bits per heavy atom. The molecule has 12 heavy (non-hydrogen) atoms. The fourth-order valence-corrected chi connectivity index (χ4v) is 1.59. The van der Waals surface area contributed by atoms with Crippen LogP contribution in [0.5, 0.6) is 0 Å². The number of nitrogens with one attached hydrogen (secondary N) is 1. The molecule has 0 aromatic carbocycles. The molecule has 0 amide bonds. The number of aromatic nitrogens is 2. The number of hydrogen-bond donors (Lipinski definition) is 1. The zero-order valence-corrected chi connectivity index (χ0v) is 8.96. The topological polar surface area (TPSA) is 20.7 Å². The van der Waals surface area contributed by atoms with Gasteiger partial charge in [-0.3, -0.25) is 4.68 Å². The third-order valence-corrected chi connectivity index (χ3v) is 2.13. The molecule has 1 heterocycles. The maximum Gasteiger partial charge on any atom is 0.122 e. The van der Waals surface area contributed by atoms with Gasteiger partial charge in [-0.2, -0.15) is 0 Å². The Morgan fingerprint density at radius 2 is 2.08 bits per heavy atom. The molecule has 2 nitrogen and oxygen atoms in total. The second-order valence-corrected chi connectivity index (χ2v) is 4.40. The Morgan fingerprint density at radius 1 is 1.50 bits per heavy atom. The summed E-state index contributed by atoms with van der Waals surface area (Å²) in [6.45, 7) is 8.53. The molecule has 0 aliphatic heterocycles. The molecule has 1 aromatic heterocycles. The molecule has 1 N–H and O–H groups in total. The van der Waals surface area contributed by atoms with E-state index in [1.165, 1.54) is 5.69 Å². The van der Waals surface area contributed by atoms with E-state index in [9.17, 15) is 0 Å². The van der Waals surface area contributed by atoms with E-state index in [0.717, 1.165) is 11.1 Å². The lowest BCUT2D eigenvalue weighted by Crippen LogP contribution is -2.23. The van der Waals surface area contributed by atoms with Crippen LogP contribution in [0.15, 0.2) is 6.07 Å². The van der Waals surface area contributed by atoms with Crippen molar-refractivity contribution >= 4 is 12.2 Å². The van der Waals surface area contributed by atoms with Crippen LogP contribution in [0.1, 0.15) is 33.4 Å². The molecule has 0 unspecified atom stereocenters. The van der Waals surface area contributed by atoms with E-state index in [-0.39, 0.29) is 5.54 Å². The second kappa shape index (κ2) is 3.05. The summed E-state index contributed by atoms with van der Waals surface area (Å²) < 4.78 is 2.92. The van der Waals surface area contributed by atoms with Gasteiger partial charge in [0.1, 0.15) is 4.64 Å². The van der Waals surface area contributed by atoms with Crippen LogP contribution >= 0.6 is 12.2 Å². The highest BCUT2D eigenvalue weighted by Gasteiger charge is 2.14. The van der Waals surface area contributed by atoms with E-state index in [1.54, 1.807) is 0 Å². The van der Waals surface area contributed by atoms with Gasteiger partial charge < -0.3 is 5.10 Å². The van der Waals surface area contributed by atoms with Crippen molar-refractivity contribution in [3.63, 3.8) is 0 Å². The highest BCUT2D eigenvalue weighted by Crippen LogP contribution is 2.14. The highest BCUT2D eigenvalue weighted by molar-refractivity contribution is 7.71. The summed E-state index contributed by atoms with van der Waals surface area (Å²) in [7, 11) is 0. The van der Waals surface area contributed by atoms with Crippen LogP contribution in [0.25, 0.3) is 0 Å². The summed E-state index contributed by atoms with van der Waals surface area (Å²) in [5, 5.41) is 3.28. The Labute approximate surface area is 78.6 Å². The molecule has 0 saturated heterocycles. The number of rotatable bonds is 1. The van der Waals surface area contributed by atoms with Crippen LogP contribution in [-0.4, -0.2) is 9.78 Å². The molecule has 0 fully saturated rings. The van der Waals surface area contributed by atoms with Crippen molar-refractivity contribution in [2.75, 3.05) is 0 Å². The largest absolute Gasteiger partial charge is 0.301 e. The molecule has 0 spiro atoms. The molecular formula is C9H16N2S. The lowest BCUT2D eigenvalue weighted by atomic mass is 10.1. The summed E-state index contributed by atoms with van der Waals surface area (Å²) in [6.07, 6.45) is 1.01. The van der Waals surface area contributed by atoms with E-state index < -0.39 is 0 Å². The number of H-pyrrole nitrogens is 1. The van der Waals surface area contributed by atoms with Gasteiger partial charge in [0, 0.05) is 5.69 Å². The quantitative estimate of drug-likeness (QED) is 0.666. The average Bonchev–Trinajstić information content (AvgIpc) is 2.29. The van der Waals surface area contributed by atoms with Crippen molar-refractivity contribution < 1.29 is 0 Å². The molecular weight excluding hydrogens is 168 g/mol. The molecule has 0 aliphatic rings. The number of hydrogen-bond acceptors (Lipinski definition) is 1. The SMILES string of the molecule is CCc1cc(=S)n(C(C)(C)C)[nH]1. The van der Waals surface area contributed by atoms with Crippen molar-refractivity contribution in [2.24, 2.45) is 0 Å². The summed E-state index contributed by atoms with van der Waals surface area (Å²) in [5.74, 6) is 0. The van der Waals surface area contributed by atoms with Crippen LogP contribution in [0.4, 0.5) is 0 Å². The minimum Gasteiger partial charge on any atom is -0.301 e. The van der Waals surface area contributed by atoms with Gasteiger partial charge in [-0.1, -0.05) is 19.1 Å². The summed E-state index contributed by atoms with van der Waals surface area (Å²) >= 11 is 5.22. The molecule has 1 aromatic rings. The smallest absolute Gasteiger partial charge is 0.122 e. The fraction of sp³-hybridized carbons (Fsp3) is 0.667. The van der Waals surface area contributed by atoms with Crippen LogP contribution in [0.3, 0.4) is 0 Å². The van der Waals surface area contributed by atoms with Gasteiger partial charge in [-0.25, -0.2) is 0 Å². The van der Waals surface area contributed by atoms with Crippen LogP contribution in [-0.2, 0) is 12.0 Å². The Balaban J connectivity index is 3.17. The fourth-order valence-electron chi connectivity index (χ4n) is 1.12. The maximum absolute atomic E-state index is 5.22. The second-order valence-electron chi connectivity index (χ2n) is 3.98. The first-order chi connectivity index (χ1) is 5.45. The minimum absolute atomic E-state index is 0.0600. The molecule has 0 atom stereocenters. The monoisotopic (exact) mass is 184 g/mol. The van der Waals surface area contributed by atoms with Crippen molar-refractivity contribution in [1.29, 1.82) is 0 Å². The first-order valence-electron chi connectivity index (χ1n) is 4.26. The van der Waals surface area contributed by atoms with E-state index in [1.807, 2.05) is 10.7 Å². The first-order valence-corrected chi connectivity index (χ1v) is 4.67. The van der Waals surface area contributed by atoms with E-state index in [4.69, 9.17) is 12.2 Å². The summed E-state index contributed by atoms with van der Waals surface area (Å²) in [5.41, 5.74) is 1.26.